The summed E-state index contributed by atoms with van der Waals surface area (Å²) in [4.78, 5) is 22.7. The number of ether oxygens (including phenoxy) is 2. The predicted molar refractivity (Wildman–Crippen MR) is 263 cm³/mol. The van der Waals surface area contributed by atoms with Crippen molar-refractivity contribution in [3.05, 3.63) is 83.0 Å². The van der Waals surface area contributed by atoms with Gasteiger partial charge in [-0.3, -0.25) is 0 Å². The average Bonchev–Trinajstić information content (AvgIpc) is 3.97. The van der Waals surface area contributed by atoms with Crippen LogP contribution in [0, 0.1) is 47.4 Å². The highest BCUT2D eigenvalue weighted by molar-refractivity contribution is 6.74. The van der Waals surface area contributed by atoms with Crippen molar-refractivity contribution in [3.8, 4) is 35.2 Å². The molecule has 0 bridgehead atoms. The van der Waals surface area contributed by atoms with Crippen LogP contribution in [0.25, 0.3) is 0 Å². The van der Waals surface area contributed by atoms with Crippen LogP contribution in [0.15, 0.2) is 60.7 Å². The zero-order chi connectivity index (χ0) is 47.6. The number of para-hydroxylation sites is 2. The molecule has 8 nitrogen and oxygen atoms in total. The fourth-order valence-electron chi connectivity index (χ4n) is 9.68. The second-order valence-electron chi connectivity index (χ2n) is 20.7. The predicted octanol–water partition coefficient (Wildman–Crippen LogP) is 10.6. The quantitative estimate of drug-likeness (QED) is 0.0768. The van der Waals surface area contributed by atoms with E-state index < -0.39 is 26.6 Å². The van der Waals surface area contributed by atoms with Gasteiger partial charge in [0.25, 0.3) is 0 Å². The molecule has 3 N–H and O–H groups in total. The van der Waals surface area contributed by atoms with Crippen molar-refractivity contribution in [1.29, 1.82) is 0 Å². The van der Waals surface area contributed by atoms with Crippen LogP contribution in [0.3, 0.4) is 0 Å². The van der Waals surface area contributed by atoms with Crippen molar-refractivity contribution in [3.63, 3.8) is 0 Å². The molecule has 0 aromatic heterocycles. The van der Waals surface area contributed by atoms with Crippen molar-refractivity contribution < 1.29 is 38.8 Å². The van der Waals surface area contributed by atoms with Crippen molar-refractivity contribution in [2.45, 2.75) is 193 Å². The van der Waals surface area contributed by atoms with Gasteiger partial charge in [0.15, 0.2) is 8.32 Å². The third kappa shape index (κ3) is 13.1. The first kappa shape index (κ1) is 52.0. The zero-order valence-electron chi connectivity index (χ0n) is 41.2. The molecule has 0 radical (unpaired) electrons. The minimum Gasteiger partial charge on any atom is -0.489 e. The first-order chi connectivity index (χ1) is 30.8. The minimum absolute atomic E-state index is 0.0378. The van der Waals surface area contributed by atoms with Gasteiger partial charge in [0.1, 0.15) is 35.3 Å². The van der Waals surface area contributed by atoms with Crippen molar-refractivity contribution in [2.24, 2.45) is 23.7 Å². The first-order valence-corrected chi connectivity index (χ1v) is 27.1. The molecule has 6 rings (SSSR count). The number of aliphatic hydroxyl groups excluding tert-OH is 3. The number of ketones is 2. The number of hydrogen-bond donors (Lipinski definition) is 3. The molecule has 354 valence electrons. The van der Waals surface area contributed by atoms with Gasteiger partial charge in [-0.25, -0.2) is 0 Å². The van der Waals surface area contributed by atoms with E-state index in [1.165, 1.54) is 11.1 Å². The molecule has 2 heterocycles. The summed E-state index contributed by atoms with van der Waals surface area (Å²) in [5.74, 6) is 14.8. The van der Waals surface area contributed by atoms with Crippen molar-refractivity contribution in [2.75, 3.05) is 0 Å². The van der Waals surface area contributed by atoms with E-state index in [9.17, 15) is 24.9 Å². The Hall–Kier alpha value is -3.96. The molecular weight excluding hydrogens is 829 g/mol. The molecule has 0 spiro atoms. The van der Waals surface area contributed by atoms with E-state index >= 15 is 0 Å². The van der Waals surface area contributed by atoms with E-state index in [2.05, 4.69) is 94.0 Å². The Morgan fingerprint density at radius 1 is 0.769 bits per heavy atom. The molecule has 9 heteroatoms. The van der Waals surface area contributed by atoms with Crippen LogP contribution in [0.1, 0.15) is 148 Å². The Labute approximate surface area is 392 Å². The maximum absolute atomic E-state index is 11.4. The maximum Gasteiger partial charge on any atom is 0.192 e. The number of rotatable bonds is 18. The Morgan fingerprint density at radius 2 is 1.22 bits per heavy atom. The highest BCUT2D eigenvalue weighted by Crippen LogP contribution is 2.55. The Balaban J connectivity index is 0.000000250. The first-order valence-electron chi connectivity index (χ1n) is 24.2. The topological polar surface area (TPSA) is 123 Å². The number of carbonyl (C=O) groups is 2. The molecule has 2 aliphatic carbocycles. The highest BCUT2D eigenvalue weighted by atomic mass is 28.4. The van der Waals surface area contributed by atoms with Crippen molar-refractivity contribution >= 4 is 19.9 Å². The number of carbonyl (C=O) groups excluding carboxylic acids is 2. The second kappa shape index (κ2) is 23.2. The summed E-state index contributed by atoms with van der Waals surface area (Å²) in [6, 6.07) is 12.6. The monoisotopic (exact) mass is 907 g/mol. The van der Waals surface area contributed by atoms with Gasteiger partial charge < -0.3 is 38.8 Å². The van der Waals surface area contributed by atoms with E-state index in [1.807, 2.05) is 45.1 Å². The van der Waals surface area contributed by atoms with E-state index in [1.54, 1.807) is 20.8 Å². The number of hydrogen-bond acceptors (Lipinski definition) is 8. The van der Waals surface area contributed by atoms with Crippen LogP contribution in [-0.4, -0.2) is 71.8 Å². The van der Waals surface area contributed by atoms with Crippen LogP contribution in [0.2, 0.25) is 18.1 Å². The lowest BCUT2D eigenvalue weighted by molar-refractivity contribution is -0.117. The highest BCUT2D eigenvalue weighted by Gasteiger charge is 2.53. The van der Waals surface area contributed by atoms with Gasteiger partial charge in [-0.2, -0.15) is 0 Å². The largest absolute Gasteiger partial charge is 0.489 e. The fraction of sp³-hybridized carbons (Fsp3) is 0.607. The van der Waals surface area contributed by atoms with Gasteiger partial charge in [0.2, 0.25) is 0 Å². The Bertz CT molecular complexity index is 2130. The Kier molecular flexibility index (Phi) is 18.5. The summed E-state index contributed by atoms with van der Waals surface area (Å²) in [6.07, 6.45) is 13.7. The second-order valence-corrected chi connectivity index (χ2v) is 25.5. The van der Waals surface area contributed by atoms with Crippen LogP contribution >= 0.6 is 0 Å². The summed E-state index contributed by atoms with van der Waals surface area (Å²) in [6.45, 7) is 22.4. The lowest BCUT2D eigenvalue weighted by Crippen LogP contribution is -2.45. The summed E-state index contributed by atoms with van der Waals surface area (Å²) < 4.78 is 19.9. The molecule has 2 fully saturated rings. The summed E-state index contributed by atoms with van der Waals surface area (Å²) in [5, 5.41) is 32.0. The van der Waals surface area contributed by atoms with Crippen LogP contribution < -0.4 is 9.47 Å². The number of aryl methyl sites for hydroxylation is 2. The lowest BCUT2D eigenvalue weighted by Gasteiger charge is -2.40. The van der Waals surface area contributed by atoms with Crippen molar-refractivity contribution in [1.82, 2.24) is 0 Å². The number of Topliss-reactive ketones (excluding diaryl/α,β-unsaturated/α-hetero) is 2. The number of fused-ring (bicyclic) bond motifs is 6. The molecule has 65 heavy (non-hydrogen) atoms. The third-order valence-electron chi connectivity index (χ3n) is 14.6. The third-order valence-corrected chi connectivity index (χ3v) is 19.1. The van der Waals surface area contributed by atoms with Gasteiger partial charge in [0.05, 0.1) is 24.4 Å². The van der Waals surface area contributed by atoms with Crippen LogP contribution in [0.5, 0.6) is 11.5 Å². The summed E-state index contributed by atoms with van der Waals surface area (Å²) in [7, 11) is -1.99. The lowest BCUT2D eigenvalue weighted by atomic mass is 9.86. The molecule has 2 aliphatic heterocycles. The Morgan fingerprint density at radius 3 is 1.66 bits per heavy atom. The van der Waals surface area contributed by atoms with Gasteiger partial charge >= 0.3 is 0 Å². The molecule has 0 amide bonds. The van der Waals surface area contributed by atoms with Crippen LogP contribution in [-0.2, 0) is 26.9 Å². The van der Waals surface area contributed by atoms with Gasteiger partial charge in [-0.05, 0) is 94.5 Å². The van der Waals surface area contributed by atoms with Gasteiger partial charge in [0, 0.05) is 73.3 Å². The fourth-order valence-corrected chi connectivity index (χ4v) is 11.0. The van der Waals surface area contributed by atoms with E-state index in [0.717, 1.165) is 54.7 Å². The van der Waals surface area contributed by atoms with Gasteiger partial charge in [-0.1, -0.05) is 95.3 Å². The smallest absolute Gasteiger partial charge is 0.192 e. The molecular formula is C56H78O8Si. The minimum atomic E-state index is -1.99. The van der Waals surface area contributed by atoms with Crippen LogP contribution in [0.4, 0.5) is 0 Å². The average molecular weight is 907 g/mol. The molecule has 2 aromatic rings. The maximum atomic E-state index is 11.4. The normalized spacial score (nSPS) is 25.9. The number of benzene rings is 2. The molecule has 1 unspecified atom stereocenters. The van der Waals surface area contributed by atoms with E-state index in [0.29, 0.717) is 32.1 Å². The molecule has 4 aliphatic rings. The van der Waals surface area contributed by atoms with E-state index in [4.69, 9.17) is 13.9 Å². The molecule has 12 atom stereocenters. The molecule has 2 aromatic carbocycles. The van der Waals surface area contributed by atoms with E-state index in [-0.39, 0.29) is 70.4 Å². The molecule has 2 saturated carbocycles. The molecule has 0 saturated heterocycles. The summed E-state index contributed by atoms with van der Waals surface area (Å²) >= 11 is 0. The summed E-state index contributed by atoms with van der Waals surface area (Å²) in [5.41, 5.74) is 4.72. The SMILES string of the molecule is CC#CC[C@H](C)[C@H](O)/C=C/[C@@H]1[C@H]2c3cccc(CCCC(C)=O)c3O[C@H]2C[C@H]1O.CC#CC[C@H](C)[C@H](O)/C=C/[C@H]1C(O[Si](C)(C)C(C)(C)C)C[C@@H]2Oc3c(CCCC(C)=O)cccc3[C@@H]21. The van der Waals surface area contributed by atoms with Gasteiger partial charge in [-0.15, -0.1) is 23.7 Å². The standard InChI is InChI=1S/C31H46O4Si.C25H32O4/c1-9-10-13-21(2)26(33)19-18-24-27(35-36(7,8)31(4,5)6)20-28-29(24)25-17-12-16-23(30(25)34-28)15-11-14-22(3)32;1-4-5-8-16(2)21(27)14-13-19-22(28)15-23-24(19)20-12-7-11-18(25(20)29-23)10-6-9-17(3)26/h12,16-19,21,24,26-29,33H,11,13-15,20H2,1-8H3;7,11-14,16,19,21-24,27-28H,6,8-10,15H2,1-3H3/b19-18+;14-13+/t21-,24-,26+,27?,28-,29-;16-,19-,21+,22+,23-,24-/m00/s1. The number of aliphatic hydroxyl groups is 3. The zero-order valence-corrected chi connectivity index (χ0v) is 42.2.